The summed E-state index contributed by atoms with van der Waals surface area (Å²) in [7, 11) is 0. The van der Waals surface area contributed by atoms with Crippen molar-refractivity contribution in [3.63, 3.8) is 0 Å². The molecule has 5 heteroatoms. The molecule has 0 radical (unpaired) electrons. The maximum Gasteiger partial charge on any atom is 0.145 e. The van der Waals surface area contributed by atoms with Crippen molar-refractivity contribution in [2.24, 2.45) is 5.92 Å². The van der Waals surface area contributed by atoms with Gasteiger partial charge < -0.3 is 0 Å². The van der Waals surface area contributed by atoms with Crippen LogP contribution in [0.4, 0.5) is 0 Å². The third-order valence-corrected chi connectivity index (χ3v) is 6.14. The van der Waals surface area contributed by atoms with Gasteiger partial charge in [-0.1, -0.05) is 18.5 Å². The summed E-state index contributed by atoms with van der Waals surface area (Å²) < 4.78 is 0. The van der Waals surface area contributed by atoms with E-state index in [9.17, 15) is 0 Å². The summed E-state index contributed by atoms with van der Waals surface area (Å²) in [4.78, 5) is 14.4. The van der Waals surface area contributed by atoms with Crippen molar-refractivity contribution >= 4 is 33.2 Å². The Labute approximate surface area is 134 Å². The number of hydrogen-bond donors (Lipinski definition) is 0. The summed E-state index contributed by atoms with van der Waals surface area (Å²) in [5.41, 5.74) is 1.42. The molecular formula is C16H20ClN3S. The Hall–Kier alpha value is -0.710. The molecule has 0 bridgehead atoms. The van der Waals surface area contributed by atoms with Gasteiger partial charge in [-0.3, -0.25) is 4.90 Å². The van der Waals surface area contributed by atoms with Crippen LogP contribution in [0.2, 0.25) is 5.15 Å². The minimum atomic E-state index is 0.668. The van der Waals surface area contributed by atoms with Crippen LogP contribution in [0.1, 0.15) is 42.5 Å². The lowest BCUT2D eigenvalue weighted by Crippen LogP contribution is -2.20. The molecule has 0 aromatic carbocycles. The van der Waals surface area contributed by atoms with Crippen LogP contribution in [-0.4, -0.2) is 28.0 Å². The fourth-order valence-electron chi connectivity index (χ4n) is 3.55. The molecule has 1 aliphatic carbocycles. The normalized spacial score (nSPS) is 22.9. The highest BCUT2D eigenvalue weighted by atomic mass is 35.5. The van der Waals surface area contributed by atoms with E-state index in [2.05, 4.69) is 16.8 Å². The highest BCUT2D eigenvalue weighted by Crippen LogP contribution is 2.39. The standard InChI is InChI=1S/C16H20ClN3S/c1-10-4-5-11-12(8-10)21-16-14(11)15(17)18-13(19-16)9-20-6-2-3-7-20/h10H,2-9H2,1H3/t10-/m1/s1. The monoisotopic (exact) mass is 321 g/mol. The van der Waals surface area contributed by atoms with E-state index in [1.54, 1.807) is 0 Å². The van der Waals surface area contributed by atoms with Crippen molar-refractivity contribution < 1.29 is 0 Å². The van der Waals surface area contributed by atoms with Gasteiger partial charge in [-0.25, -0.2) is 9.97 Å². The molecule has 2 aliphatic rings. The van der Waals surface area contributed by atoms with Gasteiger partial charge in [0.1, 0.15) is 15.8 Å². The smallest absolute Gasteiger partial charge is 0.145 e. The molecule has 2 aromatic heterocycles. The summed E-state index contributed by atoms with van der Waals surface area (Å²) in [6.45, 7) is 5.50. The molecule has 0 spiro atoms. The Balaban J connectivity index is 1.72. The first kappa shape index (κ1) is 13.9. The number of thiophene rings is 1. The van der Waals surface area contributed by atoms with Crippen LogP contribution in [0, 0.1) is 5.92 Å². The van der Waals surface area contributed by atoms with E-state index in [0.717, 1.165) is 48.0 Å². The zero-order valence-electron chi connectivity index (χ0n) is 12.4. The van der Waals surface area contributed by atoms with Gasteiger partial charge in [0.05, 0.1) is 11.9 Å². The van der Waals surface area contributed by atoms with Crippen LogP contribution < -0.4 is 0 Å². The summed E-state index contributed by atoms with van der Waals surface area (Å²) in [6, 6.07) is 0. The van der Waals surface area contributed by atoms with E-state index in [0.29, 0.717) is 5.15 Å². The van der Waals surface area contributed by atoms with Gasteiger partial charge in [0.25, 0.3) is 0 Å². The van der Waals surface area contributed by atoms with Gasteiger partial charge in [0, 0.05) is 4.88 Å². The summed E-state index contributed by atoms with van der Waals surface area (Å²) in [6.07, 6.45) is 6.15. The number of halogens is 1. The van der Waals surface area contributed by atoms with Crippen molar-refractivity contribution in [3.05, 3.63) is 21.4 Å². The number of likely N-dealkylation sites (tertiary alicyclic amines) is 1. The lowest BCUT2D eigenvalue weighted by atomic mass is 9.89. The van der Waals surface area contributed by atoms with E-state index < -0.39 is 0 Å². The minimum absolute atomic E-state index is 0.668. The molecule has 21 heavy (non-hydrogen) atoms. The Bertz CT molecular complexity index is 676. The molecular weight excluding hydrogens is 302 g/mol. The van der Waals surface area contributed by atoms with Crippen molar-refractivity contribution in [1.82, 2.24) is 14.9 Å². The van der Waals surface area contributed by atoms with E-state index in [4.69, 9.17) is 16.6 Å². The first-order chi connectivity index (χ1) is 10.2. The largest absolute Gasteiger partial charge is 0.296 e. The second-order valence-electron chi connectivity index (χ2n) is 6.45. The number of fused-ring (bicyclic) bond motifs is 3. The Morgan fingerprint density at radius 3 is 2.90 bits per heavy atom. The molecule has 1 saturated heterocycles. The molecule has 3 nitrogen and oxygen atoms in total. The Morgan fingerprint density at radius 1 is 1.29 bits per heavy atom. The number of aryl methyl sites for hydroxylation is 1. The van der Waals surface area contributed by atoms with Crippen LogP contribution in [0.25, 0.3) is 10.2 Å². The fraction of sp³-hybridized carbons (Fsp3) is 0.625. The molecule has 0 unspecified atom stereocenters. The molecule has 0 N–H and O–H groups in total. The van der Waals surface area contributed by atoms with Crippen LogP contribution >= 0.6 is 22.9 Å². The van der Waals surface area contributed by atoms with E-state index in [1.807, 2.05) is 11.3 Å². The third kappa shape index (κ3) is 2.58. The topological polar surface area (TPSA) is 29.0 Å². The summed E-state index contributed by atoms with van der Waals surface area (Å²) in [5, 5.41) is 1.80. The SMILES string of the molecule is C[C@@H]1CCc2c(sc3nc(CN4CCCC4)nc(Cl)c23)C1. The first-order valence-corrected chi connectivity index (χ1v) is 9.09. The molecule has 1 aliphatic heterocycles. The van der Waals surface area contributed by atoms with Crippen LogP contribution in [0.15, 0.2) is 0 Å². The van der Waals surface area contributed by atoms with Crippen molar-refractivity contribution in [2.75, 3.05) is 13.1 Å². The minimum Gasteiger partial charge on any atom is -0.296 e. The maximum absolute atomic E-state index is 6.50. The molecule has 112 valence electrons. The van der Waals surface area contributed by atoms with Crippen molar-refractivity contribution in [2.45, 2.75) is 45.6 Å². The fourth-order valence-corrected chi connectivity index (χ4v) is 5.31. The highest BCUT2D eigenvalue weighted by molar-refractivity contribution is 7.19. The molecule has 4 rings (SSSR count). The zero-order chi connectivity index (χ0) is 14.4. The van der Waals surface area contributed by atoms with Gasteiger partial charge in [0.15, 0.2) is 0 Å². The third-order valence-electron chi connectivity index (χ3n) is 4.72. The highest BCUT2D eigenvalue weighted by Gasteiger charge is 2.24. The predicted octanol–water partition coefficient (Wildman–Crippen LogP) is 4.07. The van der Waals surface area contributed by atoms with Gasteiger partial charge in [-0.05, 0) is 56.7 Å². The van der Waals surface area contributed by atoms with Crippen molar-refractivity contribution in [1.29, 1.82) is 0 Å². The molecule has 3 heterocycles. The van der Waals surface area contributed by atoms with E-state index in [1.165, 1.54) is 36.1 Å². The average molecular weight is 322 g/mol. The molecule has 0 saturated carbocycles. The average Bonchev–Trinajstić information content (AvgIpc) is 3.05. The van der Waals surface area contributed by atoms with Gasteiger partial charge in [-0.15, -0.1) is 11.3 Å². The quantitative estimate of drug-likeness (QED) is 0.781. The van der Waals surface area contributed by atoms with E-state index >= 15 is 0 Å². The number of rotatable bonds is 2. The number of nitrogens with zero attached hydrogens (tertiary/aromatic N) is 3. The maximum atomic E-state index is 6.50. The zero-order valence-corrected chi connectivity index (χ0v) is 13.9. The first-order valence-electron chi connectivity index (χ1n) is 7.89. The van der Waals surface area contributed by atoms with Crippen LogP contribution in [-0.2, 0) is 19.4 Å². The lowest BCUT2D eigenvalue weighted by Gasteiger charge is -2.17. The van der Waals surface area contributed by atoms with Gasteiger partial charge in [0.2, 0.25) is 0 Å². The van der Waals surface area contributed by atoms with Crippen LogP contribution in [0.3, 0.4) is 0 Å². The summed E-state index contributed by atoms with van der Waals surface area (Å²) in [5.74, 6) is 1.67. The van der Waals surface area contributed by atoms with E-state index in [-0.39, 0.29) is 0 Å². The molecule has 1 fully saturated rings. The number of hydrogen-bond acceptors (Lipinski definition) is 4. The Kier molecular flexibility index (Phi) is 3.64. The second kappa shape index (κ2) is 5.49. The predicted molar refractivity (Wildman–Crippen MR) is 88.1 cm³/mol. The van der Waals surface area contributed by atoms with Crippen LogP contribution in [0.5, 0.6) is 0 Å². The van der Waals surface area contributed by atoms with Gasteiger partial charge in [-0.2, -0.15) is 0 Å². The molecule has 1 atom stereocenters. The van der Waals surface area contributed by atoms with Gasteiger partial charge >= 0.3 is 0 Å². The molecule has 0 amide bonds. The molecule has 2 aromatic rings. The second-order valence-corrected chi connectivity index (χ2v) is 7.89. The summed E-state index contributed by atoms with van der Waals surface area (Å²) >= 11 is 8.34. The lowest BCUT2D eigenvalue weighted by molar-refractivity contribution is 0.323. The van der Waals surface area contributed by atoms with Crippen molar-refractivity contribution in [3.8, 4) is 0 Å². The Morgan fingerprint density at radius 2 is 2.10 bits per heavy atom. The number of aromatic nitrogens is 2.